The molecule has 0 aromatic heterocycles. The Balaban J connectivity index is 2.24. The lowest BCUT2D eigenvalue weighted by Gasteiger charge is -2.14. The molecule has 0 spiro atoms. The fraction of sp³-hybridized carbons (Fsp3) is 0.286. The van der Waals surface area contributed by atoms with Crippen molar-refractivity contribution in [2.24, 2.45) is 0 Å². The molecule has 1 aromatic rings. The number of carbonyl (C=O) groups is 1. The van der Waals surface area contributed by atoms with Crippen LogP contribution in [0.4, 0.5) is 4.39 Å². The number of aliphatic carboxylic acids is 1. The Morgan fingerprint density at radius 3 is 2.21 bits per heavy atom. The Morgan fingerprint density at radius 1 is 1.00 bits per heavy atom. The van der Waals surface area contributed by atoms with Crippen molar-refractivity contribution in [3.63, 3.8) is 0 Å². The van der Waals surface area contributed by atoms with Gasteiger partial charge in [0.15, 0.2) is 0 Å². The molecule has 1 rings (SSSR count). The van der Waals surface area contributed by atoms with Crippen LogP contribution in [0.15, 0.2) is 72.9 Å². The zero-order valence-electron chi connectivity index (χ0n) is 15.8. The number of hydrogen-bond donors (Lipinski definition) is 5. The largest absolute Gasteiger partial charge is 0.491 e. The van der Waals surface area contributed by atoms with Gasteiger partial charge in [0.25, 0.3) is 0 Å². The molecule has 5 N–H and O–H groups in total. The summed E-state index contributed by atoms with van der Waals surface area (Å²) in [6.45, 7) is -0.297. The van der Waals surface area contributed by atoms with Crippen molar-refractivity contribution in [2.75, 3.05) is 19.7 Å². The van der Waals surface area contributed by atoms with Gasteiger partial charge in [0.2, 0.25) is 0 Å². The molecule has 0 radical (unpaired) electrons. The summed E-state index contributed by atoms with van der Waals surface area (Å²) in [6.07, 6.45) is 9.75. The Labute approximate surface area is 168 Å². The maximum atomic E-state index is 12.8. The summed E-state index contributed by atoms with van der Waals surface area (Å²) < 4.78 is 18.1. The van der Waals surface area contributed by atoms with Crippen molar-refractivity contribution in [1.29, 1.82) is 0 Å². The molecule has 0 amide bonds. The number of nitrogens with one attached hydrogen (secondary N) is 1. The number of ether oxygens (including phenoxy) is 1. The van der Waals surface area contributed by atoms with Gasteiger partial charge in [-0.3, -0.25) is 4.79 Å². The molecule has 3 atom stereocenters. The molecule has 0 aliphatic heterocycles. The second-order valence-electron chi connectivity index (χ2n) is 5.95. The number of allylic oxidation sites excluding steroid dienone is 6. The van der Waals surface area contributed by atoms with E-state index in [-0.39, 0.29) is 25.5 Å². The standard InChI is InChI=1S/C21H26FNO6/c22-16-9-11-18(12-10-16)29-15-17(24)7-5-3-1-2-4-6-8-19(25)20(26)13-23-14-21(27)28/h1-12,17,19-20,23-26H,13-15H2,(H,27,28)/t17-,19+,20-/m0/s1. The van der Waals surface area contributed by atoms with Crippen molar-refractivity contribution < 1.29 is 34.3 Å². The molecule has 0 aliphatic carbocycles. The van der Waals surface area contributed by atoms with Crippen LogP contribution in [0.5, 0.6) is 5.75 Å². The molecule has 0 unspecified atom stereocenters. The SMILES string of the molecule is O=C(O)CNC[C@H](O)[C@H](O)C=CC=CC=CC=C[C@H](O)COc1ccc(F)cc1. The molecule has 0 heterocycles. The second kappa shape index (κ2) is 14.3. The van der Waals surface area contributed by atoms with E-state index >= 15 is 0 Å². The number of halogens is 1. The number of hydrogen-bond acceptors (Lipinski definition) is 6. The second-order valence-corrected chi connectivity index (χ2v) is 5.95. The van der Waals surface area contributed by atoms with Crippen molar-refractivity contribution in [2.45, 2.75) is 18.3 Å². The molecule has 1 aromatic carbocycles. The highest BCUT2D eigenvalue weighted by Gasteiger charge is 2.12. The third kappa shape index (κ3) is 12.3. The summed E-state index contributed by atoms with van der Waals surface area (Å²) in [6, 6.07) is 5.51. The van der Waals surface area contributed by atoms with Crippen LogP contribution >= 0.6 is 0 Å². The first-order chi connectivity index (χ1) is 13.9. The van der Waals surface area contributed by atoms with E-state index in [2.05, 4.69) is 5.32 Å². The molecule has 7 nitrogen and oxygen atoms in total. The average Bonchev–Trinajstić information content (AvgIpc) is 2.69. The van der Waals surface area contributed by atoms with Crippen molar-refractivity contribution in [1.82, 2.24) is 5.32 Å². The number of rotatable bonds is 13. The van der Waals surface area contributed by atoms with Gasteiger partial charge in [-0.2, -0.15) is 0 Å². The Bertz CT molecular complexity index is 714. The summed E-state index contributed by atoms with van der Waals surface area (Å²) >= 11 is 0. The molecule has 0 fully saturated rings. The van der Waals surface area contributed by atoms with Crippen LogP contribution in [0.2, 0.25) is 0 Å². The van der Waals surface area contributed by atoms with Crippen LogP contribution in [0.25, 0.3) is 0 Å². The highest BCUT2D eigenvalue weighted by Crippen LogP contribution is 2.11. The minimum Gasteiger partial charge on any atom is -0.491 e. The molecule has 0 bridgehead atoms. The van der Waals surface area contributed by atoms with Crippen LogP contribution in [0.3, 0.4) is 0 Å². The zero-order valence-corrected chi connectivity index (χ0v) is 15.8. The van der Waals surface area contributed by atoms with E-state index in [0.717, 1.165) is 0 Å². The van der Waals surface area contributed by atoms with Crippen molar-refractivity contribution in [3.05, 3.63) is 78.7 Å². The van der Waals surface area contributed by atoms with E-state index < -0.39 is 24.3 Å². The molecule has 29 heavy (non-hydrogen) atoms. The fourth-order valence-corrected chi connectivity index (χ4v) is 1.97. The van der Waals surface area contributed by atoms with E-state index in [0.29, 0.717) is 5.75 Å². The lowest BCUT2D eigenvalue weighted by Crippen LogP contribution is -2.37. The van der Waals surface area contributed by atoms with Gasteiger partial charge in [-0.25, -0.2) is 4.39 Å². The van der Waals surface area contributed by atoms with Crippen LogP contribution in [-0.4, -0.2) is 64.4 Å². The molecule has 8 heteroatoms. The van der Waals surface area contributed by atoms with Gasteiger partial charge in [-0.05, 0) is 24.3 Å². The molecular formula is C21H26FNO6. The number of carboxylic acids is 1. The molecular weight excluding hydrogens is 381 g/mol. The van der Waals surface area contributed by atoms with E-state index in [1.807, 2.05) is 0 Å². The molecule has 0 saturated carbocycles. The quantitative estimate of drug-likeness (QED) is 0.312. The maximum Gasteiger partial charge on any atom is 0.317 e. The number of aliphatic hydroxyl groups is 3. The molecule has 0 aliphatic rings. The third-order valence-electron chi connectivity index (χ3n) is 3.46. The third-order valence-corrected chi connectivity index (χ3v) is 3.46. The number of benzene rings is 1. The average molecular weight is 407 g/mol. The van der Waals surface area contributed by atoms with Gasteiger partial charge in [0.05, 0.1) is 18.8 Å². The summed E-state index contributed by atoms with van der Waals surface area (Å²) in [4.78, 5) is 10.3. The predicted molar refractivity (Wildman–Crippen MR) is 107 cm³/mol. The fourth-order valence-electron chi connectivity index (χ4n) is 1.97. The Hall–Kier alpha value is -2.78. The first kappa shape index (κ1) is 24.3. The van der Waals surface area contributed by atoms with Gasteiger partial charge < -0.3 is 30.5 Å². The summed E-state index contributed by atoms with van der Waals surface area (Å²) in [5.41, 5.74) is 0. The topological polar surface area (TPSA) is 119 Å². The number of aliphatic hydroxyl groups excluding tert-OH is 3. The molecule has 158 valence electrons. The van der Waals surface area contributed by atoms with Gasteiger partial charge in [0.1, 0.15) is 24.3 Å². The zero-order chi connectivity index (χ0) is 21.5. The number of carboxylic acid groups (broad SMARTS) is 1. The minimum atomic E-state index is -1.12. The highest BCUT2D eigenvalue weighted by atomic mass is 19.1. The van der Waals surface area contributed by atoms with E-state index in [4.69, 9.17) is 9.84 Å². The van der Waals surface area contributed by atoms with Crippen LogP contribution < -0.4 is 10.1 Å². The van der Waals surface area contributed by atoms with Gasteiger partial charge in [-0.1, -0.05) is 48.6 Å². The lowest BCUT2D eigenvalue weighted by molar-refractivity contribution is -0.136. The van der Waals surface area contributed by atoms with Gasteiger partial charge in [0, 0.05) is 6.54 Å². The summed E-state index contributed by atoms with van der Waals surface area (Å²) in [5.74, 6) is -0.933. The van der Waals surface area contributed by atoms with Gasteiger partial charge >= 0.3 is 5.97 Å². The van der Waals surface area contributed by atoms with E-state index in [9.17, 15) is 24.5 Å². The monoisotopic (exact) mass is 407 g/mol. The van der Waals surface area contributed by atoms with Crippen LogP contribution in [0, 0.1) is 5.82 Å². The Kier molecular flexibility index (Phi) is 11.9. The summed E-state index contributed by atoms with van der Waals surface area (Å²) in [5, 5.41) is 40.1. The smallest absolute Gasteiger partial charge is 0.317 e. The van der Waals surface area contributed by atoms with Crippen molar-refractivity contribution in [3.8, 4) is 5.75 Å². The predicted octanol–water partition coefficient (Wildman–Crippen LogP) is 1.19. The lowest BCUT2D eigenvalue weighted by atomic mass is 10.2. The van der Waals surface area contributed by atoms with E-state index in [1.54, 1.807) is 36.5 Å². The maximum absolute atomic E-state index is 12.8. The van der Waals surface area contributed by atoms with E-state index in [1.165, 1.54) is 36.4 Å². The normalized spacial score (nSPS) is 15.4. The highest BCUT2D eigenvalue weighted by molar-refractivity contribution is 5.68. The molecule has 0 saturated heterocycles. The first-order valence-corrected chi connectivity index (χ1v) is 8.92. The Morgan fingerprint density at radius 2 is 1.59 bits per heavy atom. The van der Waals surface area contributed by atoms with Gasteiger partial charge in [-0.15, -0.1) is 0 Å². The van der Waals surface area contributed by atoms with Crippen molar-refractivity contribution >= 4 is 5.97 Å². The summed E-state index contributed by atoms with van der Waals surface area (Å²) in [7, 11) is 0. The van der Waals surface area contributed by atoms with Crippen LogP contribution in [0.1, 0.15) is 0 Å². The first-order valence-electron chi connectivity index (χ1n) is 8.92. The minimum absolute atomic E-state index is 0.0378. The van der Waals surface area contributed by atoms with Crippen LogP contribution in [-0.2, 0) is 4.79 Å².